The van der Waals surface area contributed by atoms with Gasteiger partial charge in [0.2, 0.25) is 0 Å². The van der Waals surface area contributed by atoms with E-state index in [1.165, 1.54) is 38.5 Å². The van der Waals surface area contributed by atoms with Crippen molar-refractivity contribution in [1.29, 1.82) is 0 Å². The number of thiol groups is 1. The molecule has 0 aromatic heterocycles. The van der Waals surface area contributed by atoms with Crippen LogP contribution in [0.5, 0.6) is 0 Å². The number of carbonyl (C=O) groups is 1. The van der Waals surface area contributed by atoms with E-state index in [1.54, 1.807) is 0 Å². The molecule has 86 valence electrons. The van der Waals surface area contributed by atoms with Crippen molar-refractivity contribution >= 4 is 18.4 Å². The highest BCUT2D eigenvalue weighted by atomic mass is 32.1. The largest absolute Gasteiger partial charge is 0.298 e. The number of hydrogen-bond acceptors (Lipinski definition) is 2. The normalized spacial score (nSPS) is 34.3. The molecule has 0 aliphatic heterocycles. The maximum atomic E-state index is 11.9. The lowest BCUT2D eigenvalue weighted by Crippen LogP contribution is -2.38. The van der Waals surface area contributed by atoms with E-state index in [-0.39, 0.29) is 4.75 Å². The first-order valence-electron chi connectivity index (χ1n) is 6.46. The molecule has 2 aliphatic carbocycles. The van der Waals surface area contributed by atoms with Crippen LogP contribution in [0.2, 0.25) is 0 Å². The highest BCUT2D eigenvalue weighted by Gasteiger charge is 2.38. The minimum atomic E-state index is -0.250. The Morgan fingerprint density at radius 3 is 2.53 bits per heavy atom. The van der Waals surface area contributed by atoms with Crippen LogP contribution in [0, 0.1) is 5.92 Å². The van der Waals surface area contributed by atoms with E-state index in [1.807, 2.05) is 0 Å². The standard InChI is InChI=1S/C13H22OS/c14-12-8-4-5-9-13(12,15)10-11-6-2-1-3-7-11/h11,15H,1-10H2. The summed E-state index contributed by atoms with van der Waals surface area (Å²) in [7, 11) is 0. The lowest BCUT2D eigenvalue weighted by molar-refractivity contribution is -0.123. The second kappa shape index (κ2) is 4.90. The van der Waals surface area contributed by atoms with Crippen molar-refractivity contribution < 1.29 is 4.79 Å². The first-order valence-corrected chi connectivity index (χ1v) is 6.91. The molecule has 0 saturated heterocycles. The number of carbonyl (C=O) groups excluding carboxylic acids is 1. The Labute approximate surface area is 98.4 Å². The van der Waals surface area contributed by atoms with Crippen molar-refractivity contribution in [3.05, 3.63) is 0 Å². The van der Waals surface area contributed by atoms with E-state index in [4.69, 9.17) is 12.6 Å². The summed E-state index contributed by atoms with van der Waals surface area (Å²) in [5.74, 6) is 1.20. The number of hydrogen-bond donors (Lipinski definition) is 1. The summed E-state index contributed by atoms with van der Waals surface area (Å²) in [4.78, 5) is 11.9. The predicted octanol–water partition coefficient (Wildman–Crippen LogP) is 3.77. The Kier molecular flexibility index (Phi) is 3.76. The molecule has 0 heterocycles. The molecule has 2 aliphatic rings. The molecular weight excluding hydrogens is 204 g/mol. The second-order valence-corrected chi connectivity index (χ2v) is 6.23. The van der Waals surface area contributed by atoms with Crippen molar-refractivity contribution in [2.24, 2.45) is 5.92 Å². The molecular formula is C13H22OS. The smallest absolute Gasteiger partial charge is 0.148 e. The quantitative estimate of drug-likeness (QED) is 0.709. The van der Waals surface area contributed by atoms with Crippen molar-refractivity contribution in [2.45, 2.75) is 69.0 Å². The molecule has 0 N–H and O–H groups in total. The molecule has 2 heteroatoms. The molecule has 1 atom stereocenters. The molecule has 15 heavy (non-hydrogen) atoms. The van der Waals surface area contributed by atoms with Gasteiger partial charge in [0.05, 0.1) is 4.75 Å². The third-order valence-electron chi connectivity index (χ3n) is 4.11. The van der Waals surface area contributed by atoms with Gasteiger partial charge < -0.3 is 0 Å². The Hall–Kier alpha value is 0.0200. The molecule has 0 aromatic rings. The minimum Gasteiger partial charge on any atom is -0.298 e. The van der Waals surface area contributed by atoms with Crippen LogP contribution in [0.1, 0.15) is 64.2 Å². The zero-order valence-corrected chi connectivity index (χ0v) is 10.4. The fraction of sp³-hybridized carbons (Fsp3) is 0.923. The van der Waals surface area contributed by atoms with Crippen molar-refractivity contribution in [1.82, 2.24) is 0 Å². The molecule has 1 unspecified atom stereocenters. The van der Waals surface area contributed by atoms with Gasteiger partial charge in [-0.15, -0.1) is 0 Å². The van der Waals surface area contributed by atoms with Crippen molar-refractivity contribution in [3.63, 3.8) is 0 Å². The predicted molar refractivity (Wildman–Crippen MR) is 66.4 cm³/mol. The number of Topliss-reactive ketones (excluding diaryl/α,β-unsaturated/α-hetero) is 1. The van der Waals surface area contributed by atoms with Gasteiger partial charge in [0.25, 0.3) is 0 Å². The Balaban J connectivity index is 1.92. The molecule has 0 spiro atoms. The molecule has 0 aromatic carbocycles. The summed E-state index contributed by atoms with van der Waals surface area (Å²) in [6.45, 7) is 0. The topological polar surface area (TPSA) is 17.1 Å². The summed E-state index contributed by atoms with van der Waals surface area (Å²) in [6.07, 6.45) is 11.9. The molecule has 2 fully saturated rings. The van der Waals surface area contributed by atoms with Gasteiger partial charge in [-0.05, 0) is 25.2 Å². The molecule has 0 radical (unpaired) electrons. The summed E-state index contributed by atoms with van der Waals surface area (Å²) in [5.41, 5.74) is 0. The SMILES string of the molecule is O=C1CCCCC1(S)CC1CCCCC1. The first-order chi connectivity index (χ1) is 7.21. The van der Waals surface area contributed by atoms with Gasteiger partial charge in [-0.1, -0.05) is 38.5 Å². The second-order valence-electron chi connectivity index (χ2n) is 5.37. The summed E-state index contributed by atoms with van der Waals surface area (Å²) >= 11 is 4.71. The van der Waals surface area contributed by atoms with Gasteiger partial charge in [-0.25, -0.2) is 0 Å². The van der Waals surface area contributed by atoms with Gasteiger partial charge >= 0.3 is 0 Å². The van der Waals surface area contributed by atoms with E-state index in [2.05, 4.69) is 0 Å². The van der Waals surface area contributed by atoms with Crippen molar-refractivity contribution in [2.75, 3.05) is 0 Å². The van der Waals surface area contributed by atoms with Crippen LogP contribution in [0.15, 0.2) is 0 Å². The van der Waals surface area contributed by atoms with E-state index < -0.39 is 0 Å². The minimum absolute atomic E-state index is 0.250. The Morgan fingerprint density at radius 1 is 1.13 bits per heavy atom. The Bertz CT molecular complexity index is 233. The van der Waals surface area contributed by atoms with Gasteiger partial charge in [0.1, 0.15) is 5.78 Å². The maximum Gasteiger partial charge on any atom is 0.148 e. The van der Waals surface area contributed by atoms with Gasteiger partial charge in [0.15, 0.2) is 0 Å². The van der Waals surface area contributed by atoms with Gasteiger partial charge in [-0.3, -0.25) is 4.79 Å². The number of rotatable bonds is 2. The fourth-order valence-electron chi connectivity index (χ4n) is 3.16. The summed E-state index contributed by atoms with van der Waals surface area (Å²) in [5, 5.41) is 0. The monoisotopic (exact) mass is 226 g/mol. The maximum absolute atomic E-state index is 11.9. The van der Waals surface area contributed by atoms with Crippen LogP contribution >= 0.6 is 12.6 Å². The van der Waals surface area contributed by atoms with Gasteiger partial charge in [-0.2, -0.15) is 12.6 Å². The van der Waals surface area contributed by atoms with Crippen LogP contribution < -0.4 is 0 Å². The van der Waals surface area contributed by atoms with Crippen LogP contribution in [0.3, 0.4) is 0 Å². The molecule has 1 nitrogen and oxygen atoms in total. The highest BCUT2D eigenvalue weighted by Crippen LogP contribution is 2.40. The van der Waals surface area contributed by atoms with E-state index in [9.17, 15) is 4.79 Å². The average molecular weight is 226 g/mol. The van der Waals surface area contributed by atoms with E-state index in [0.29, 0.717) is 5.78 Å². The van der Waals surface area contributed by atoms with E-state index in [0.717, 1.165) is 31.6 Å². The molecule has 2 saturated carbocycles. The van der Waals surface area contributed by atoms with Crippen LogP contribution in [-0.4, -0.2) is 10.5 Å². The molecule has 0 amide bonds. The zero-order chi connectivity index (χ0) is 10.7. The third kappa shape index (κ3) is 2.77. The Morgan fingerprint density at radius 2 is 1.87 bits per heavy atom. The van der Waals surface area contributed by atoms with Crippen LogP contribution in [0.4, 0.5) is 0 Å². The molecule has 2 rings (SSSR count). The summed E-state index contributed by atoms with van der Waals surface area (Å²) < 4.78 is -0.250. The van der Waals surface area contributed by atoms with Crippen LogP contribution in [0.25, 0.3) is 0 Å². The highest BCUT2D eigenvalue weighted by molar-refractivity contribution is 7.82. The van der Waals surface area contributed by atoms with E-state index >= 15 is 0 Å². The lowest BCUT2D eigenvalue weighted by atomic mass is 9.76. The van der Waals surface area contributed by atoms with Gasteiger partial charge in [0, 0.05) is 6.42 Å². The fourth-order valence-corrected chi connectivity index (χ4v) is 3.69. The van der Waals surface area contributed by atoms with Crippen LogP contribution in [-0.2, 0) is 4.79 Å². The van der Waals surface area contributed by atoms with Crippen molar-refractivity contribution in [3.8, 4) is 0 Å². The summed E-state index contributed by atoms with van der Waals surface area (Å²) in [6, 6.07) is 0. The lowest BCUT2D eigenvalue weighted by Gasteiger charge is -2.35. The molecule has 0 bridgehead atoms. The number of ketones is 1. The zero-order valence-electron chi connectivity index (χ0n) is 9.50. The average Bonchev–Trinajstić information content (AvgIpc) is 2.24. The first kappa shape index (κ1) is 11.5. The third-order valence-corrected chi connectivity index (χ3v) is 4.77.